The van der Waals surface area contributed by atoms with E-state index in [1.165, 1.54) is 83.5 Å². The van der Waals surface area contributed by atoms with Crippen LogP contribution in [0.15, 0.2) is 36.5 Å². The van der Waals surface area contributed by atoms with Crippen molar-refractivity contribution in [2.24, 2.45) is 0 Å². The Kier molecular flexibility index (Phi) is 30.8. The largest absolute Gasteiger partial charge is 0.472 e. The molecule has 0 radical (unpaired) electrons. The number of rotatable bonds is 34. The minimum atomic E-state index is -4.33. The van der Waals surface area contributed by atoms with Crippen LogP contribution >= 0.6 is 7.82 Å². The molecule has 0 aliphatic heterocycles. The topological polar surface area (TPSA) is 105 Å². The number of hydrogen-bond donors (Lipinski definition) is 3. The van der Waals surface area contributed by atoms with Gasteiger partial charge >= 0.3 is 7.82 Å². The van der Waals surface area contributed by atoms with Crippen LogP contribution in [-0.2, 0) is 18.4 Å². The van der Waals surface area contributed by atoms with Crippen molar-refractivity contribution in [3.63, 3.8) is 0 Å². The molecule has 0 saturated heterocycles. The van der Waals surface area contributed by atoms with Gasteiger partial charge in [-0.2, -0.15) is 0 Å². The summed E-state index contributed by atoms with van der Waals surface area (Å²) in [6.07, 6.45) is 36.4. The first kappa shape index (κ1) is 46.7. The molecule has 48 heavy (non-hydrogen) atoms. The smallest absolute Gasteiger partial charge is 0.387 e. The number of carbonyl (C=O) groups is 1. The molecule has 0 aromatic heterocycles. The number of unbranched alkanes of at least 4 members (excludes halogenated alkanes) is 17. The van der Waals surface area contributed by atoms with Gasteiger partial charge in [-0.05, 0) is 51.4 Å². The quantitative estimate of drug-likeness (QED) is 0.0267. The summed E-state index contributed by atoms with van der Waals surface area (Å²) in [5.41, 5.74) is 0. The number of phosphoric ester groups is 1. The molecule has 3 unspecified atom stereocenters. The number of allylic oxidation sites excluding steroid dienone is 5. The van der Waals surface area contributed by atoms with Crippen molar-refractivity contribution >= 4 is 13.7 Å². The third kappa shape index (κ3) is 33.2. The van der Waals surface area contributed by atoms with Crippen LogP contribution in [0.4, 0.5) is 0 Å². The summed E-state index contributed by atoms with van der Waals surface area (Å²) in [7, 11) is 1.56. The van der Waals surface area contributed by atoms with E-state index < -0.39 is 20.0 Å². The van der Waals surface area contributed by atoms with Gasteiger partial charge in [-0.3, -0.25) is 13.8 Å². The Morgan fingerprint density at radius 2 is 1.19 bits per heavy atom. The van der Waals surface area contributed by atoms with Gasteiger partial charge in [-0.15, -0.1) is 0 Å². The molecule has 0 fully saturated rings. The fraction of sp³-hybridized carbons (Fsp3) is 0.821. The molecule has 8 nitrogen and oxygen atoms in total. The zero-order valence-corrected chi connectivity index (χ0v) is 32.6. The van der Waals surface area contributed by atoms with Crippen molar-refractivity contribution in [2.75, 3.05) is 40.9 Å². The van der Waals surface area contributed by atoms with Crippen molar-refractivity contribution in [1.29, 1.82) is 0 Å². The van der Waals surface area contributed by atoms with Gasteiger partial charge < -0.3 is 19.8 Å². The van der Waals surface area contributed by atoms with Crippen molar-refractivity contribution in [1.82, 2.24) is 5.32 Å². The van der Waals surface area contributed by atoms with E-state index in [0.717, 1.165) is 51.4 Å². The Hall–Kier alpha value is -1.28. The van der Waals surface area contributed by atoms with Crippen LogP contribution in [0.25, 0.3) is 0 Å². The van der Waals surface area contributed by atoms with Crippen LogP contribution in [0.1, 0.15) is 155 Å². The Morgan fingerprint density at radius 3 is 1.73 bits per heavy atom. The SMILES string of the molecule is CCCCCC/C=C\C/C=C\CCCCCCCCCC(=O)NC(COP(=O)(O)OCC[N+](C)(C)C)C(O)/C=C/CCCCCCCC. The number of aliphatic hydroxyl groups is 1. The molecular formula is C39H76N2O6P+. The number of quaternary nitrogens is 1. The number of carbonyl (C=O) groups excluding carboxylic acids is 1. The molecule has 0 bridgehead atoms. The lowest BCUT2D eigenvalue weighted by Crippen LogP contribution is -2.45. The molecule has 0 aliphatic rings. The molecule has 1 amide bonds. The predicted octanol–water partition coefficient (Wildman–Crippen LogP) is 9.96. The van der Waals surface area contributed by atoms with Crippen LogP contribution in [0.5, 0.6) is 0 Å². The molecule has 0 aromatic rings. The van der Waals surface area contributed by atoms with E-state index in [-0.39, 0.29) is 19.1 Å². The lowest BCUT2D eigenvalue weighted by molar-refractivity contribution is -0.870. The maximum Gasteiger partial charge on any atom is 0.472 e. The van der Waals surface area contributed by atoms with Crippen LogP contribution < -0.4 is 5.32 Å². The van der Waals surface area contributed by atoms with Crippen LogP contribution in [-0.4, -0.2) is 73.4 Å². The highest BCUT2D eigenvalue weighted by Gasteiger charge is 2.27. The van der Waals surface area contributed by atoms with E-state index in [2.05, 4.69) is 43.5 Å². The van der Waals surface area contributed by atoms with Gasteiger partial charge in [0.2, 0.25) is 5.91 Å². The zero-order chi connectivity index (χ0) is 35.8. The van der Waals surface area contributed by atoms with Gasteiger partial charge in [0.15, 0.2) is 0 Å². The molecule has 0 saturated carbocycles. The summed E-state index contributed by atoms with van der Waals surface area (Å²) in [6, 6.07) is -0.846. The normalized spacial score (nSPS) is 15.1. The van der Waals surface area contributed by atoms with Gasteiger partial charge in [-0.1, -0.05) is 134 Å². The predicted molar refractivity (Wildman–Crippen MR) is 203 cm³/mol. The van der Waals surface area contributed by atoms with E-state index in [1.807, 2.05) is 27.2 Å². The summed E-state index contributed by atoms with van der Waals surface area (Å²) in [5.74, 6) is -0.191. The lowest BCUT2D eigenvalue weighted by atomic mass is 10.1. The third-order valence-electron chi connectivity index (χ3n) is 8.35. The molecule has 0 aliphatic carbocycles. The van der Waals surface area contributed by atoms with E-state index in [0.29, 0.717) is 17.4 Å². The highest BCUT2D eigenvalue weighted by atomic mass is 31.2. The fourth-order valence-corrected chi connectivity index (χ4v) is 5.92. The van der Waals surface area contributed by atoms with E-state index in [4.69, 9.17) is 9.05 Å². The molecule has 0 aromatic carbocycles. The Balaban J connectivity index is 4.40. The molecule has 0 spiro atoms. The monoisotopic (exact) mass is 700 g/mol. The van der Waals surface area contributed by atoms with E-state index in [9.17, 15) is 19.4 Å². The summed E-state index contributed by atoms with van der Waals surface area (Å²) in [5, 5.41) is 13.7. The highest BCUT2D eigenvalue weighted by Crippen LogP contribution is 2.43. The zero-order valence-electron chi connectivity index (χ0n) is 31.7. The Morgan fingerprint density at radius 1 is 0.708 bits per heavy atom. The third-order valence-corrected chi connectivity index (χ3v) is 9.34. The van der Waals surface area contributed by atoms with Crippen LogP contribution in [0.2, 0.25) is 0 Å². The number of nitrogens with one attached hydrogen (secondary N) is 1. The van der Waals surface area contributed by atoms with Gasteiger partial charge in [0, 0.05) is 6.42 Å². The number of amides is 1. The minimum absolute atomic E-state index is 0.0588. The Bertz CT molecular complexity index is 886. The second-order valence-electron chi connectivity index (χ2n) is 14.3. The van der Waals surface area contributed by atoms with Gasteiger partial charge in [0.1, 0.15) is 13.2 Å². The first-order valence-corrected chi connectivity index (χ1v) is 20.9. The first-order chi connectivity index (χ1) is 23.0. The molecule has 9 heteroatoms. The fourth-order valence-electron chi connectivity index (χ4n) is 5.19. The van der Waals surface area contributed by atoms with Crippen LogP contribution in [0.3, 0.4) is 0 Å². The molecule has 282 valence electrons. The summed E-state index contributed by atoms with van der Waals surface area (Å²) < 4.78 is 23.4. The van der Waals surface area contributed by atoms with Crippen molar-refractivity contribution in [3.05, 3.63) is 36.5 Å². The average molecular weight is 700 g/mol. The number of aliphatic hydroxyl groups excluding tert-OH is 1. The highest BCUT2D eigenvalue weighted by molar-refractivity contribution is 7.47. The standard InChI is InChI=1S/C39H75N2O6P/c1-6-8-10-12-14-16-17-18-19-20-21-22-23-24-25-27-29-31-33-39(43)40-37(36-47-48(44,45)46-35-34-41(3,4)5)38(42)32-30-28-26-15-13-11-9-7-2/h16-17,19-20,30,32,37-38,42H,6-15,18,21-29,31,33-36H2,1-5H3,(H-,40,43,44,45)/p+1/b17-16-,20-19-,32-30+. The first-order valence-electron chi connectivity index (χ1n) is 19.4. The average Bonchev–Trinajstić information content (AvgIpc) is 3.02. The maximum atomic E-state index is 12.8. The summed E-state index contributed by atoms with van der Waals surface area (Å²) in [4.78, 5) is 22.9. The van der Waals surface area contributed by atoms with Gasteiger partial charge in [-0.25, -0.2) is 4.57 Å². The second-order valence-corrected chi connectivity index (χ2v) is 15.8. The van der Waals surface area contributed by atoms with Gasteiger partial charge in [0.05, 0.1) is 39.9 Å². The molecule has 3 N–H and O–H groups in total. The molecule has 3 atom stereocenters. The number of phosphoric acid groups is 1. The second kappa shape index (κ2) is 31.7. The van der Waals surface area contributed by atoms with E-state index >= 15 is 0 Å². The lowest BCUT2D eigenvalue weighted by Gasteiger charge is -2.25. The Labute approximate surface area is 296 Å². The maximum absolute atomic E-state index is 12.8. The number of nitrogens with zero attached hydrogens (tertiary/aromatic N) is 1. The van der Waals surface area contributed by atoms with Crippen molar-refractivity contribution < 1.29 is 32.9 Å². The van der Waals surface area contributed by atoms with Crippen LogP contribution in [0, 0.1) is 0 Å². The number of likely N-dealkylation sites (N-methyl/N-ethyl adjacent to an activating group) is 1. The minimum Gasteiger partial charge on any atom is -0.387 e. The molecule has 0 rings (SSSR count). The van der Waals surface area contributed by atoms with Gasteiger partial charge in [0.25, 0.3) is 0 Å². The van der Waals surface area contributed by atoms with E-state index in [1.54, 1.807) is 6.08 Å². The van der Waals surface area contributed by atoms with Crippen molar-refractivity contribution in [2.45, 2.75) is 167 Å². The molecular weight excluding hydrogens is 623 g/mol. The summed E-state index contributed by atoms with van der Waals surface area (Å²) >= 11 is 0. The summed E-state index contributed by atoms with van der Waals surface area (Å²) in [6.45, 7) is 4.72. The van der Waals surface area contributed by atoms with Crippen molar-refractivity contribution in [3.8, 4) is 0 Å². The molecule has 0 heterocycles. The number of hydrogen-bond acceptors (Lipinski definition) is 5.